The summed E-state index contributed by atoms with van der Waals surface area (Å²) in [5.41, 5.74) is 2.70. The first-order chi connectivity index (χ1) is 18.1. The van der Waals surface area contributed by atoms with Crippen molar-refractivity contribution in [3.8, 4) is 5.75 Å². The number of benzene rings is 2. The van der Waals surface area contributed by atoms with Gasteiger partial charge in [0.15, 0.2) is 0 Å². The number of carboxylic acids is 2. The van der Waals surface area contributed by atoms with Gasteiger partial charge in [0.2, 0.25) is 0 Å². The molecular weight excluding hydrogens is 484 g/mol. The fraction of sp³-hybridized carbons (Fsp3) is 0.467. The third-order valence-electron chi connectivity index (χ3n) is 5.94. The van der Waals surface area contributed by atoms with E-state index < -0.39 is 11.9 Å². The Morgan fingerprint density at radius 1 is 1.00 bits per heavy atom. The molecule has 8 nitrogen and oxygen atoms in total. The van der Waals surface area contributed by atoms with Crippen molar-refractivity contribution in [2.75, 3.05) is 44.9 Å². The summed E-state index contributed by atoms with van der Waals surface area (Å²) in [6.07, 6.45) is 3.69. The molecule has 0 aliphatic carbocycles. The minimum Gasteiger partial charge on any atom is -0.497 e. The average Bonchev–Trinajstić information content (AvgIpc) is 3.42. The predicted molar refractivity (Wildman–Crippen MR) is 150 cm³/mol. The molecule has 1 aliphatic heterocycles. The minimum absolute atomic E-state index is 0.187. The molecule has 8 heteroatoms. The average molecular weight is 527 g/mol. The van der Waals surface area contributed by atoms with Gasteiger partial charge in [-0.15, -0.1) is 0 Å². The van der Waals surface area contributed by atoms with Crippen molar-refractivity contribution in [3.63, 3.8) is 0 Å². The number of methoxy groups -OCH3 is 1. The lowest BCUT2D eigenvalue weighted by molar-refractivity contribution is -0.134. The Hall–Kier alpha value is -3.36. The molecule has 0 bridgehead atoms. The van der Waals surface area contributed by atoms with E-state index in [9.17, 15) is 9.59 Å². The van der Waals surface area contributed by atoms with Crippen LogP contribution in [-0.2, 0) is 20.9 Å². The van der Waals surface area contributed by atoms with Crippen LogP contribution in [0.15, 0.2) is 66.7 Å². The number of hydrogen-bond donors (Lipinski definition) is 2. The van der Waals surface area contributed by atoms with Crippen LogP contribution in [0.5, 0.6) is 5.75 Å². The number of carboxylic acid groups (broad SMARTS) is 2. The largest absolute Gasteiger partial charge is 0.497 e. The molecule has 1 saturated heterocycles. The van der Waals surface area contributed by atoms with Crippen molar-refractivity contribution < 1.29 is 29.3 Å². The molecule has 1 heterocycles. The minimum atomic E-state index is -1.26. The highest BCUT2D eigenvalue weighted by Gasteiger charge is 2.25. The highest BCUT2D eigenvalue weighted by Crippen LogP contribution is 2.25. The number of anilines is 1. The normalized spacial score (nSPS) is 14.5. The van der Waals surface area contributed by atoms with Crippen LogP contribution in [0.4, 0.5) is 5.69 Å². The van der Waals surface area contributed by atoms with Gasteiger partial charge in [-0.25, -0.2) is 9.59 Å². The first-order valence-corrected chi connectivity index (χ1v) is 13.0. The molecule has 2 N–H and O–H groups in total. The summed E-state index contributed by atoms with van der Waals surface area (Å²) < 4.78 is 11.7. The van der Waals surface area contributed by atoms with Gasteiger partial charge in [0.05, 0.1) is 26.4 Å². The number of carbonyl (C=O) groups is 2. The molecule has 1 atom stereocenters. The monoisotopic (exact) mass is 526 g/mol. The first kappa shape index (κ1) is 30.9. The maximum Gasteiger partial charge on any atom is 0.328 e. The lowest BCUT2D eigenvalue weighted by Crippen LogP contribution is -2.46. The molecule has 38 heavy (non-hydrogen) atoms. The summed E-state index contributed by atoms with van der Waals surface area (Å²) in [6.45, 7) is 12.4. The summed E-state index contributed by atoms with van der Waals surface area (Å²) in [5, 5.41) is 15.6. The highest BCUT2D eigenvalue weighted by atomic mass is 16.5. The molecule has 0 saturated carbocycles. The molecule has 2 aromatic rings. The van der Waals surface area contributed by atoms with Crippen LogP contribution in [0.1, 0.15) is 39.2 Å². The van der Waals surface area contributed by atoms with E-state index in [1.165, 1.54) is 37.2 Å². The molecule has 1 aliphatic rings. The topological polar surface area (TPSA) is 99.5 Å². The lowest BCUT2D eigenvalue weighted by Gasteiger charge is -2.35. The van der Waals surface area contributed by atoms with Gasteiger partial charge < -0.3 is 24.6 Å². The summed E-state index contributed by atoms with van der Waals surface area (Å²) >= 11 is 0. The molecule has 2 aromatic carbocycles. The fourth-order valence-electron chi connectivity index (χ4n) is 4.15. The van der Waals surface area contributed by atoms with Crippen LogP contribution in [-0.4, -0.2) is 73.1 Å². The second-order valence-corrected chi connectivity index (χ2v) is 10.6. The van der Waals surface area contributed by atoms with Crippen LogP contribution in [0, 0.1) is 5.41 Å². The van der Waals surface area contributed by atoms with E-state index >= 15 is 0 Å². The number of likely N-dealkylation sites (tertiary alicyclic amines) is 1. The number of hydrogen-bond acceptors (Lipinski definition) is 6. The molecule has 0 aromatic heterocycles. The van der Waals surface area contributed by atoms with Gasteiger partial charge in [0.1, 0.15) is 5.75 Å². The molecule has 1 unspecified atom stereocenters. The van der Waals surface area contributed by atoms with Crippen molar-refractivity contribution in [3.05, 3.63) is 72.3 Å². The number of aliphatic carboxylic acids is 2. The summed E-state index contributed by atoms with van der Waals surface area (Å²) in [6, 6.07) is 19.5. The Kier molecular flexibility index (Phi) is 12.8. The van der Waals surface area contributed by atoms with E-state index in [2.05, 4.69) is 79.1 Å². The summed E-state index contributed by atoms with van der Waals surface area (Å²) in [4.78, 5) is 24.2. The molecule has 0 spiro atoms. The molecule has 1 fully saturated rings. The lowest BCUT2D eigenvalue weighted by atomic mass is 9.99. The van der Waals surface area contributed by atoms with Crippen molar-refractivity contribution in [1.29, 1.82) is 0 Å². The third kappa shape index (κ3) is 12.3. The van der Waals surface area contributed by atoms with Gasteiger partial charge in [-0.05, 0) is 49.0 Å². The standard InChI is InChI=1S/C26H38N2O2.C4H4O4/c1-26(2,3)21-30-20-24(27-15-8-9-16-27)19-28(18-22-11-6-5-7-12-22)23-13-10-14-25(17-23)29-4;5-3(6)1-2-4(7)8/h5-7,10-14,17,24H,8-9,15-16,18-21H2,1-4H3;1-2H,(H,5,6)(H,7,8). The third-order valence-corrected chi connectivity index (χ3v) is 5.94. The van der Waals surface area contributed by atoms with E-state index in [-0.39, 0.29) is 5.41 Å². The predicted octanol–water partition coefficient (Wildman–Crippen LogP) is 4.94. The van der Waals surface area contributed by atoms with Crippen LogP contribution in [0.25, 0.3) is 0 Å². The quantitative estimate of drug-likeness (QED) is 0.375. The Morgan fingerprint density at radius 2 is 1.63 bits per heavy atom. The zero-order valence-corrected chi connectivity index (χ0v) is 23.0. The van der Waals surface area contributed by atoms with Crippen LogP contribution >= 0.6 is 0 Å². The Balaban J connectivity index is 0.000000550. The summed E-state index contributed by atoms with van der Waals surface area (Å²) in [5.74, 6) is -1.62. The molecule has 0 radical (unpaired) electrons. The van der Waals surface area contributed by atoms with Crippen molar-refractivity contribution in [1.82, 2.24) is 4.90 Å². The number of ether oxygens (including phenoxy) is 2. The second kappa shape index (κ2) is 15.8. The van der Waals surface area contributed by atoms with Gasteiger partial charge in [-0.3, -0.25) is 4.90 Å². The summed E-state index contributed by atoms with van der Waals surface area (Å²) in [7, 11) is 1.73. The van der Waals surface area contributed by atoms with Gasteiger partial charge >= 0.3 is 11.9 Å². The van der Waals surface area contributed by atoms with Crippen molar-refractivity contribution in [2.24, 2.45) is 5.41 Å². The molecular formula is C30H42N2O6. The SMILES string of the molecule is COc1cccc(N(Cc2ccccc2)CC(COCC(C)(C)C)N2CCCC2)c1.O=C(O)C=CC(=O)O. The van der Waals surface area contributed by atoms with Crippen LogP contribution in [0.2, 0.25) is 0 Å². The fourth-order valence-corrected chi connectivity index (χ4v) is 4.15. The smallest absolute Gasteiger partial charge is 0.328 e. The second-order valence-electron chi connectivity index (χ2n) is 10.6. The van der Waals surface area contributed by atoms with Crippen LogP contribution < -0.4 is 9.64 Å². The van der Waals surface area contributed by atoms with Gasteiger partial charge in [-0.2, -0.15) is 0 Å². The van der Waals surface area contributed by atoms with Crippen LogP contribution in [0.3, 0.4) is 0 Å². The van der Waals surface area contributed by atoms with E-state index in [4.69, 9.17) is 19.7 Å². The van der Waals surface area contributed by atoms with Gasteiger partial charge in [0.25, 0.3) is 0 Å². The zero-order valence-electron chi connectivity index (χ0n) is 23.0. The Morgan fingerprint density at radius 3 is 2.18 bits per heavy atom. The highest BCUT2D eigenvalue weighted by molar-refractivity contribution is 5.89. The van der Waals surface area contributed by atoms with E-state index in [0.717, 1.165) is 32.1 Å². The van der Waals surface area contributed by atoms with Gasteiger partial charge in [0, 0.05) is 37.0 Å². The first-order valence-electron chi connectivity index (χ1n) is 13.0. The molecule has 3 rings (SSSR count). The maximum absolute atomic E-state index is 9.55. The van der Waals surface area contributed by atoms with Gasteiger partial charge in [-0.1, -0.05) is 57.2 Å². The Bertz CT molecular complexity index is 997. The maximum atomic E-state index is 9.55. The number of rotatable bonds is 12. The van der Waals surface area contributed by atoms with E-state index in [1.807, 2.05) is 6.07 Å². The van der Waals surface area contributed by atoms with E-state index in [0.29, 0.717) is 18.2 Å². The van der Waals surface area contributed by atoms with Crippen molar-refractivity contribution in [2.45, 2.75) is 46.2 Å². The number of nitrogens with zero attached hydrogens (tertiary/aromatic N) is 2. The van der Waals surface area contributed by atoms with Crippen molar-refractivity contribution >= 4 is 17.6 Å². The van der Waals surface area contributed by atoms with E-state index in [1.54, 1.807) is 7.11 Å². The Labute approximate surface area is 226 Å². The molecule has 208 valence electrons. The molecule has 0 amide bonds. The zero-order chi connectivity index (χ0) is 28.0.